The van der Waals surface area contributed by atoms with Gasteiger partial charge in [-0.3, -0.25) is 0 Å². The van der Waals surface area contributed by atoms with Crippen LogP contribution in [0.3, 0.4) is 0 Å². The summed E-state index contributed by atoms with van der Waals surface area (Å²) < 4.78 is 23.3. The number of piperazine rings is 1. The largest absolute Gasteiger partial charge is 0.338 e. The summed E-state index contributed by atoms with van der Waals surface area (Å²) in [7, 11) is -2.80. The molecule has 7 heteroatoms. The van der Waals surface area contributed by atoms with E-state index < -0.39 is 9.84 Å². The Bertz CT molecular complexity index is 725. The molecule has 1 atom stereocenters. The van der Waals surface area contributed by atoms with Gasteiger partial charge in [0.1, 0.15) is 11.8 Å². The Morgan fingerprint density at radius 3 is 2.62 bits per heavy atom. The first-order valence-corrected chi connectivity index (χ1v) is 10.8. The summed E-state index contributed by atoms with van der Waals surface area (Å²) in [5.41, 5.74) is 3.46. The van der Waals surface area contributed by atoms with Crippen molar-refractivity contribution in [3.8, 4) is 0 Å². The number of thiocarbonyl (C=S) groups is 1. The number of aryl methyl sites for hydroxylation is 2. The van der Waals surface area contributed by atoms with Crippen molar-refractivity contribution in [3.63, 3.8) is 0 Å². The lowest BCUT2D eigenvalue weighted by Gasteiger charge is -2.36. The van der Waals surface area contributed by atoms with E-state index in [1.165, 1.54) is 16.0 Å². The molecule has 0 unspecified atom stereocenters. The van der Waals surface area contributed by atoms with Gasteiger partial charge in [0.25, 0.3) is 0 Å². The number of benzene rings is 1. The van der Waals surface area contributed by atoms with E-state index in [0.29, 0.717) is 11.5 Å². The van der Waals surface area contributed by atoms with Crippen LogP contribution in [0.1, 0.15) is 17.5 Å². The number of quaternary nitrogens is 1. The normalized spacial score (nSPS) is 24.1. The molecular weight excluding hydrogens is 342 g/mol. The van der Waals surface area contributed by atoms with Crippen molar-refractivity contribution < 1.29 is 13.3 Å². The van der Waals surface area contributed by atoms with Gasteiger partial charge in [0, 0.05) is 12.1 Å². The predicted octanol–water partition coefficient (Wildman–Crippen LogP) is 0.388. The molecule has 0 amide bonds. The summed E-state index contributed by atoms with van der Waals surface area (Å²) in [6, 6.07) is 6.59. The van der Waals surface area contributed by atoms with E-state index in [1.807, 2.05) is 0 Å². The van der Waals surface area contributed by atoms with Crippen LogP contribution in [0.15, 0.2) is 18.2 Å². The molecular formula is C17H26N3O2S2+. The minimum absolute atomic E-state index is 0.276. The molecule has 132 valence electrons. The van der Waals surface area contributed by atoms with Gasteiger partial charge >= 0.3 is 0 Å². The fraction of sp³-hybridized carbons (Fsp3) is 0.588. The molecule has 24 heavy (non-hydrogen) atoms. The maximum absolute atomic E-state index is 11.7. The first-order valence-electron chi connectivity index (χ1n) is 8.52. The zero-order chi connectivity index (χ0) is 17.3. The Labute approximate surface area is 149 Å². The number of nitrogens with one attached hydrogen (secondary N) is 2. The van der Waals surface area contributed by atoms with E-state index >= 15 is 0 Å². The van der Waals surface area contributed by atoms with Crippen molar-refractivity contribution in [2.24, 2.45) is 0 Å². The minimum atomic E-state index is -2.80. The molecule has 1 aromatic carbocycles. The monoisotopic (exact) mass is 368 g/mol. The van der Waals surface area contributed by atoms with E-state index in [1.54, 1.807) is 0 Å². The highest BCUT2D eigenvalue weighted by Crippen LogP contribution is 2.17. The Balaban J connectivity index is 1.55. The highest BCUT2D eigenvalue weighted by atomic mass is 32.2. The first-order chi connectivity index (χ1) is 11.3. The van der Waals surface area contributed by atoms with E-state index in [2.05, 4.69) is 42.3 Å². The molecule has 2 fully saturated rings. The molecule has 2 aliphatic heterocycles. The van der Waals surface area contributed by atoms with Gasteiger partial charge in [-0.1, -0.05) is 12.1 Å². The SMILES string of the molecule is Cc1ccc(C)c(NC(=S)N2CC[NH+]([C@@H]3CCS(=O)(=O)C3)CC2)c1. The molecule has 1 aromatic rings. The van der Waals surface area contributed by atoms with Gasteiger partial charge in [-0.2, -0.15) is 0 Å². The third-order valence-corrected chi connectivity index (χ3v) is 7.27. The molecule has 0 bridgehead atoms. The van der Waals surface area contributed by atoms with Crippen LogP contribution in [-0.2, 0) is 9.84 Å². The van der Waals surface area contributed by atoms with E-state index in [4.69, 9.17) is 12.2 Å². The summed E-state index contributed by atoms with van der Waals surface area (Å²) in [4.78, 5) is 3.62. The third-order valence-electron chi connectivity index (χ3n) is 5.14. The zero-order valence-electron chi connectivity index (χ0n) is 14.3. The van der Waals surface area contributed by atoms with Crippen LogP contribution in [0.2, 0.25) is 0 Å². The van der Waals surface area contributed by atoms with Gasteiger partial charge in [-0.25, -0.2) is 8.42 Å². The van der Waals surface area contributed by atoms with E-state index in [9.17, 15) is 8.42 Å². The Kier molecular flexibility index (Phi) is 5.13. The van der Waals surface area contributed by atoms with Crippen molar-refractivity contribution in [2.75, 3.05) is 43.0 Å². The minimum Gasteiger partial charge on any atom is -0.338 e. The number of hydrogen-bond donors (Lipinski definition) is 2. The molecule has 2 saturated heterocycles. The van der Waals surface area contributed by atoms with Crippen LogP contribution >= 0.6 is 12.2 Å². The van der Waals surface area contributed by atoms with Crippen molar-refractivity contribution in [1.82, 2.24) is 4.90 Å². The maximum Gasteiger partial charge on any atom is 0.173 e. The lowest BCUT2D eigenvalue weighted by atomic mass is 10.1. The quantitative estimate of drug-likeness (QED) is 0.740. The van der Waals surface area contributed by atoms with Gasteiger partial charge in [-0.15, -0.1) is 0 Å². The maximum atomic E-state index is 11.7. The third kappa shape index (κ3) is 4.07. The van der Waals surface area contributed by atoms with E-state index in [0.717, 1.165) is 43.4 Å². The van der Waals surface area contributed by atoms with Crippen LogP contribution in [0, 0.1) is 13.8 Å². The lowest BCUT2D eigenvalue weighted by Crippen LogP contribution is -3.18. The van der Waals surface area contributed by atoms with Crippen molar-refractivity contribution >= 4 is 32.9 Å². The van der Waals surface area contributed by atoms with Crippen molar-refractivity contribution in [3.05, 3.63) is 29.3 Å². The zero-order valence-corrected chi connectivity index (χ0v) is 16.0. The van der Waals surface area contributed by atoms with Crippen LogP contribution in [0.25, 0.3) is 0 Å². The fourth-order valence-corrected chi connectivity index (χ4v) is 5.71. The van der Waals surface area contributed by atoms with Gasteiger partial charge in [0.15, 0.2) is 14.9 Å². The van der Waals surface area contributed by atoms with Gasteiger partial charge in [0.05, 0.1) is 31.9 Å². The molecule has 0 radical (unpaired) electrons. The number of anilines is 1. The molecule has 2 N–H and O–H groups in total. The molecule has 5 nitrogen and oxygen atoms in total. The molecule has 2 aliphatic rings. The standard InChI is InChI=1S/C17H25N3O2S2/c1-13-3-4-14(2)16(11-13)18-17(23)20-8-6-19(7-9-20)15-5-10-24(21,22)12-15/h3-4,11,15H,5-10,12H2,1-2H3,(H,18,23)/p+1/t15-/m1/s1. The number of hydrogen-bond acceptors (Lipinski definition) is 3. The van der Waals surface area contributed by atoms with Crippen molar-refractivity contribution in [1.29, 1.82) is 0 Å². The van der Waals surface area contributed by atoms with E-state index in [-0.39, 0.29) is 6.04 Å². The summed E-state index contributed by atoms with van der Waals surface area (Å²) >= 11 is 5.58. The second-order valence-electron chi connectivity index (χ2n) is 6.99. The van der Waals surface area contributed by atoms with Crippen molar-refractivity contribution in [2.45, 2.75) is 26.3 Å². The highest BCUT2D eigenvalue weighted by Gasteiger charge is 2.37. The second-order valence-corrected chi connectivity index (χ2v) is 9.61. The number of sulfone groups is 1. The predicted molar refractivity (Wildman–Crippen MR) is 101 cm³/mol. The number of rotatable bonds is 2. The second kappa shape index (κ2) is 6.98. The van der Waals surface area contributed by atoms with Gasteiger partial charge in [0.2, 0.25) is 0 Å². The average Bonchev–Trinajstić information content (AvgIpc) is 2.91. The average molecular weight is 369 g/mol. The molecule has 2 heterocycles. The molecule has 0 saturated carbocycles. The van der Waals surface area contributed by atoms with Crippen LogP contribution in [0.4, 0.5) is 5.69 Å². The summed E-state index contributed by atoms with van der Waals surface area (Å²) in [5, 5.41) is 4.14. The summed E-state index contributed by atoms with van der Waals surface area (Å²) in [6.45, 7) is 7.81. The molecule has 0 spiro atoms. The van der Waals surface area contributed by atoms with Gasteiger partial charge < -0.3 is 15.1 Å². The first kappa shape index (κ1) is 17.6. The fourth-order valence-electron chi connectivity index (χ4n) is 3.59. The van der Waals surface area contributed by atoms with Crippen LogP contribution in [-0.4, -0.2) is 62.2 Å². The summed E-state index contributed by atoms with van der Waals surface area (Å²) in [5.74, 6) is 0.713. The van der Waals surface area contributed by atoms with Crippen LogP contribution in [0.5, 0.6) is 0 Å². The smallest absolute Gasteiger partial charge is 0.173 e. The molecule has 0 aromatic heterocycles. The lowest BCUT2D eigenvalue weighted by molar-refractivity contribution is -0.925. The Morgan fingerprint density at radius 2 is 2.00 bits per heavy atom. The summed E-state index contributed by atoms with van der Waals surface area (Å²) in [6.07, 6.45) is 0.808. The molecule has 3 rings (SSSR count). The number of nitrogens with zero attached hydrogens (tertiary/aromatic N) is 1. The van der Waals surface area contributed by atoms with Gasteiger partial charge in [-0.05, 0) is 43.3 Å². The highest BCUT2D eigenvalue weighted by molar-refractivity contribution is 7.91. The Hall–Kier alpha value is -1.18. The van der Waals surface area contributed by atoms with Crippen LogP contribution < -0.4 is 10.2 Å². The molecule has 0 aliphatic carbocycles. The Morgan fingerprint density at radius 1 is 1.29 bits per heavy atom. The topological polar surface area (TPSA) is 53.9 Å².